The molecule has 1 unspecified atom stereocenters. The number of amides is 1. The van der Waals surface area contributed by atoms with E-state index >= 15 is 0 Å². The van der Waals surface area contributed by atoms with Crippen LogP contribution in [0.2, 0.25) is 0 Å². The van der Waals surface area contributed by atoms with Crippen LogP contribution in [0.4, 0.5) is 0 Å². The molecular weight excluding hydrogens is 252 g/mol. The quantitative estimate of drug-likeness (QED) is 0.917. The predicted octanol–water partition coefficient (Wildman–Crippen LogP) is 2.14. The molecule has 0 aliphatic carbocycles. The van der Waals surface area contributed by atoms with E-state index in [1.807, 2.05) is 31.9 Å². The Bertz CT molecular complexity index is 417. The molecule has 2 rings (SSSR count). The molecule has 2 heterocycles. The summed E-state index contributed by atoms with van der Waals surface area (Å²) in [6.07, 6.45) is 2.18. The zero-order valence-corrected chi connectivity index (χ0v) is 12.0. The van der Waals surface area contributed by atoms with Crippen LogP contribution in [0.5, 0.6) is 0 Å². The highest BCUT2D eigenvalue weighted by Crippen LogP contribution is 2.22. The van der Waals surface area contributed by atoms with Gasteiger partial charge in [-0.3, -0.25) is 4.79 Å². The van der Waals surface area contributed by atoms with Gasteiger partial charge in [0.05, 0.1) is 5.56 Å². The highest BCUT2D eigenvalue weighted by molar-refractivity contribution is 5.95. The fraction of sp³-hybridized carbons (Fsp3) is 0.615. The van der Waals surface area contributed by atoms with Gasteiger partial charge in [-0.2, -0.15) is 0 Å². The molecule has 1 aliphatic rings. The third kappa shape index (κ3) is 2.87. The minimum Gasteiger partial charge on any atom is -0.466 e. The summed E-state index contributed by atoms with van der Waals surface area (Å²) in [6.45, 7) is 5.44. The number of nitrogens with zero attached hydrogens (tertiary/aromatic N) is 1. The first kappa shape index (κ1) is 15.1. The van der Waals surface area contributed by atoms with Crippen molar-refractivity contribution in [3.63, 3.8) is 0 Å². The molecule has 4 nitrogen and oxygen atoms in total. The number of hydrogen-bond acceptors (Lipinski definition) is 3. The van der Waals surface area contributed by atoms with Crippen LogP contribution in [0, 0.1) is 13.8 Å². The number of aryl methyl sites for hydroxylation is 2. The number of hydrogen-bond donors (Lipinski definition) is 1. The van der Waals surface area contributed by atoms with E-state index in [4.69, 9.17) is 4.42 Å². The zero-order valence-electron chi connectivity index (χ0n) is 11.2. The SMILES string of the molecule is CNCC1CCCN1C(=O)c1cc(C)oc1C.Cl. The van der Waals surface area contributed by atoms with Crippen molar-refractivity contribution in [2.24, 2.45) is 0 Å². The van der Waals surface area contributed by atoms with Crippen LogP contribution < -0.4 is 5.32 Å². The van der Waals surface area contributed by atoms with E-state index in [0.717, 1.165) is 37.5 Å². The molecule has 0 bridgehead atoms. The van der Waals surface area contributed by atoms with Crippen molar-refractivity contribution in [3.8, 4) is 0 Å². The molecule has 0 saturated carbocycles. The Morgan fingerprint density at radius 2 is 2.28 bits per heavy atom. The lowest BCUT2D eigenvalue weighted by Crippen LogP contribution is -2.40. The second kappa shape index (κ2) is 6.25. The second-order valence-corrected chi connectivity index (χ2v) is 4.68. The lowest BCUT2D eigenvalue weighted by Gasteiger charge is -2.24. The zero-order chi connectivity index (χ0) is 12.4. The molecule has 1 aliphatic heterocycles. The molecule has 1 amide bonds. The van der Waals surface area contributed by atoms with E-state index in [-0.39, 0.29) is 18.3 Å². The second-order valence-electron chi connectivity index (χ2n) is 4.68. The average molecular weight is 273 g/mol. The first-order valence-electron chi connectivity index (χ1n) is 6.16. The number of carbonyl (C=O) groups is 1. The van der Waals surface area contributed by atoms with Gasteiger partial charge in [0.2, 0.25) is 0 Å². The van der Waals surface area contributed by atoms with Gasteiger partial charge < -0.3 is 14.6 Å². The van der Waals surface area contributed by atoms with Crippen molar-refractivity contribution in [3.05, 3.63) is 23.2 Å². The number of likely N-dealkylation sites (N-methyl/N-ethyl adjacent to an activating group) is 1. The number of likely N-dealkylation sites (tertiary alicyclic amines) is 1. The van der Waals surface area contributed by atoms with Crippen LogP contribution in [0.25, 0.3) is 0 Å². The lowest BCUT2D eigenvalue weighted by atomic mass is 10.2. The molecule has 1 N–H and O–H groups in total. The average Bonchev–Trinajstić information content (AvgIpc) is 2.85. The van der Waals surface area contributed by atoms with E-state index < -0.39 is 0 Å². The Morgan fingerprint density at radius 1 is 1.56 bits per heavy atom. The first-order valence-corrected chi connectivity index (χ1v) is 6.16. The van der Waals surface area contributed by atoms with Crippen LogP contribution in [-0.4, -0.2) is 37.0 Å². The smallest absolute Gasteiger partial charge is 0.257 e. The summed E-state index contributed by atoms with van der Waals surface area (Å²) < 4.78 is 5.43. The molecule has 1 fully saturated rings. The van der Waals surface area contributed by atoms with Crippen LogP contribution in [-0.2, 0) is 0 Å². The number of rotatable bonds is 3. The highest BCUT2D eigenvalue weighted by atomic mass is 35.5. The third-order valence-electron chi connectivity index (χ3n) is 3.35. The number of furan rings is 1. The summed E-state index contributed by atoms with van der Waals surface area (Å²) in [4.78, 5) is 14.4. The largest absolute Gasteiger partial charge is 0.466 e. The van der Waals surface area contributed by atoms with Gasteiger partial charge in [0.15, 0.2) is 0 Å². The summed E-state index contributed by atoms with van der Waals surface area (Å²) in [7, 11) is 1.92. The lowest BCUT2D eigenvalue weighted by molar-refractivity contribution is 0.0735. The van der Waals surface area contributed by atoms with Gasteiger partial charge in [0.25, 0.3) is 5.91 Å². The number of halogens is 1. The summed E-state index contributed by atoms with van der Waals surface area (Å²) >= 11 is 0. The molecule has 1 atom stereocenters. The summed E-state index contributed by atoms with van der Waals surface area (Å²) in [6, 6.07) is 2.16. The van der Waals surface area contributed by atoms with E-state index in [2.05, 4.69) is 5.32 Å². The van der Waals surface area contributed by atoms with Crippen LogP contribution in [0.1, 0.15) is 34.7 Å². The minimum atomic E-state index is 0. The summed E-state index contributed by atoms with van der Waals surface area (Å²) in [5, 5.41) is 3.15. The van der Waals surface area contributed by atoms with Crippen molar-refractivity contribution < 1.29 is 9.21 Å². The van der Waals surface area contributed by atoms with Gasteiger partial charge in [-0.05, 0) is 39.8 Å². The Labute approximate surface area is 114 Å². The standard InChI is InChI=1S/C13H20N2O2.ClH/c1-9-7-12(10(2)17-9)13(16)15-6-4-5-11(15)8-14-3;/h7,11,14H,4-6,8H2,1-3H3;1H. The van der Waals surface area contributed by atoms with E-state index in [1.54, 1.807) is 0 Å². The van der Waals surface area contributed by atoms with Crippen molar-refractivity contribution in [2.75, 3.05) is 20.1 Å². The molecule has 1 aromatic heterocycles. The molecule has 0 aromatic carbocycles. The maximum atomic E-state index is 12.4. The Kier molecular flexibility index (Phi) is 5.23. The minimum absolute atomic E-state index is 0. The molecule has 1 saturated heterocycles. The van der Waals surface area contributed by atoms with Crippen molar-refractivity contribution >= 4 is 18.3 Å². The number of carbonyl (C=O) groups excluding carboxylic acids is 1. The number of nitrogens with one attached hydrogen (secondary N) is 1. The normalized spacial score (nSPS) is 18.8. The van der Waals surface area contributed by atoms with Gasteiger partial charge >= 0.3 is 0 Å². The Morgan fingerprint density at radius 3 is 2.83 bits per heavy atom. The van der Waals surface area contributed by atoms with E-state index in [9.17, 15) is 4.79 Å². The third-order valence-corrected chi connectivity index (χ3v) is 3.35. The molecule has 5 heteroatoms. The van der Waals surface area contributed by atoms with Gasteiger partial charge in [-0.25, -0.2) is 0 Å². The summed E-state index contributed by atoms with van der Waals surface area (Å²) in [5.74, 6) is 1.63. The summed E-state index contributed by atoms with van der Waals surface area (Å²) in [5.41, 5.74) is 0.713. The van der Waals surface area contributed by atoms with Crippen molar-refractivity contribution in [2.45, 2.75) is 32.7 Å². The van der Waals surface area contributed by atoms with E-state index in [0.29, 0.717) is 11.6 Å². The van der Waals surface area contributed by atoms with Crippen LogP contribution >= 0.6 is 12.4 Å². The highest BCUT2D eigenvalue weighted by Gasteiger charge is 2.30. The molecule has 18 heavy (non-hydrogen) atoms. The van der Waals surface area contributed by atoms with Crippen LogP contribution in [0.15, 0.2) is 10.5 Å². The molecule has 0 radical (unpaired) electrons. The molecule has 0 spiro atoms. The first-order chi connectivity index (χ1) is 8.13. The molecular formula is C13H21ClN2O2. The van der Waals surface area contributed by atoms with Gasteiger partial charge in [-0.15, -0.1) is 12.4 Å². The van der Waals surface area contributed by atoms with Gasteiger partial charge in [0, 0.05) is 19.1 Å². The van der Waals surface area contributed by atoms with Gasteiger partial charge in [-0.1, -0.05) is 0 Å². The topological polar surface area (TPSA) is 45.5 Å². The van der Waals surface area contributed by atoms with E-state index in [1.165, 1.54) is 0 Å². The fourth-order valence-electron chi connectivity index (χ4n) is 2.55. The maximum absolute atomic E-state index is 12.4. The molecule has 102 valence electrons. The van der Waals surface area contributed by atoms with Crippen molar-refractivity contribution in [1.29, 1.82) is 0 Å². The fourth-order valence-corrected chi connectivity index (χ4v) is 2.55. The monoisotopic (exact) mass is 272 g/mol. The predicted molar refractivity (Wildman–Crippen MR) is 73.4 cm³/mol. The maximum Gasteiger partial charge on any atom is 0.257 e. The molecule has 1 aromatic rings. The Hall–Kier alpha value is -1.00. The van der Waals surface area contributed by atoms with Crippen molar-refractivity contribution in [1.82, 2.24) is 10.2 Å². The van der Waals surface area contributed by atoms with Gasteiger partial charge in [0.1, 0.15) is 11.5 Å². The Balaban J connectivity index is 0.00000162. The van der Waals surface area contributed by atoms with Crippen LogP contribution in [0.3, 0.4) is 0 Å².